The fourth-order valence-corrected chi connectivity index (χ4v) is 5.40. The molecule has 7 nitrogen and oxygen atoms in total. The topological polar surface area (TPSA) is 108 Å². The van der Waals surface area contributed by atoms with Gasteiger partial charge in [0.1, 0.15) is 5.75 Å². The third kappa shape index (κ3) is 7.48. The first-order valence-electron chi connectivity index (χ1n) is 12.0. The molecule has 34 heavy (non-hydrogen) atoms. The molecule has 3 N–H and O–H groups in total. The van der Waals surface area contributed by atoms with Crippen LogP contribution in [0, 0.1) is 12.3 Å². The second kappa shape index (κ2) is 12.2. The first-order chi connectivity index (χ1) is 16.3. The lowest BCUT2D eigenvalue weighted by Gasteiger charge is -2.23. The van der Waals surface area contributed by atoms with Crippen LogP contribution in [0.15, 0.2) is 47.4 Å². The van der Waals surface area contributed by atoms with Gasteiger partial charge < -0.3 is 15.5 Å². The maximum Gasteiger partial charge on any atom is 0.311 e. The molecule has 1 fully saturated rings. The van der Waals surface area contributed by atoms with Gasteiger partial charge in [-0.2, -0.15) is 0 Å². The summed E-state index contributed by atoms with van der Waals surface area (Å²) >= 11 is 0. The van der Waals surface area contributed by atoms with Gasteiger partial charge in [0.2, 0.25) is 10.0 Å². The Morgan fingerprint density at radius 1 is 1.12 bits per heavy atom. The molecule has 0 unspecified atom stereocenters. The van der Waals surface area contributed by atoms with Crippen molar-refractivity contribution >= 4 is 21.7 Å². The Hall–Kier alpha value is -2.55. The number of ether oxygens (including phenoxy) is 1. The van der Waals surface area contributed by atoms with E-state index < -0.39 is 10.0 Å². The highest BCUT2D eigenvalue weighted by Gasteiger charge is 2.22. The standard InChI is InChI=1S/C26H35N3O4S/c1-3-5-24(27)21-10-8-20(9-11-21)6-4-7-26(30)33-25-13-12-23(18-19(25)2)34(31,32)29-22-14-16-28-17-15-22/h8-13,18,22,27-29H,3-7,14-17H2,1-2H3. The molecule has 1 aliphatic heterocycles. The molecule has 0 radical (unpaired) electrons. The van der Waals surface area contributed by atoms with Gasteiger partial charge in [-0.25, -0.2) is 13.1 Å². The Morgan fingerprint density at radius 2 is 1.82 bits per heavy atom. The van der Waals surface area contributed by atoms with Crippen LogP contribution in [0.5, 0.6) is 5.75 Å². The summed E-state index contributed by atoms with van der Waals surface area (Å²) in [5, 5.41) is 11.2. The van der Waals surface area contributed by atoms with Crippen molar-refractivity contribution in [3.05, 3.63) is 59.2 Å². The van der Waals surface area contributed by atoms with Gasteiger partial charge in [0.25, 0.3) is 0 Å². The number of piperidine rings is 1. The predicted octanol–water partition coefficient (Wildman–Crippen LogP) is 4.12. The number of esters is 1. The molecule has 3 rings (SSSR count). The number of benzene rings is 2. The minimum Gasteiger partial charge on any atom is -0.426 e. The van der Waals surface area contributed by atoms with Crippen molar-refractivity contribution in [3.8, 4) is 5.75 Å². The van der Waals surface area contributed by atoms with Crippen LogP contribution in [-0.2, 0) is 21.2 Å². The number of nitrogens with one attached hydrogen (secondary N) is 3. The first-order valence-corrected chi connectivity index (χ1v) is 13.5. The summed E-state index contributed by atoms with van der Waals surface area (Å²) in [4.78, 5) is 12.5. The second-order valence-corrected chi connectivity index (χ2v) is 10.5. The highest BCUT2D eigenvalue weighted by atomic mass is 32.2. The molecule has 8 heteroatoms. The Morgan fingerprint density at radius 3 is 2.47 bits per heavy atom. The largest absolute Gasteiger partial charge is 0.426 e. The second-order valence-electron chi connectivity index (χ2n) is 8.83. The third-order valence-corrected chi connectivity index (χ3v) is 7.51. The van der Waals surface area contributed by atoms with Crippen molar-refractivity contribution in [2.24, 2.45) is 0 Å². The molecule has 2 aromatic carbocycles. The molecular formula is C26H35N3O4S. The molecule has 1 aliphatic rings. The van der Waals surface area contributed by atoms with Crippen LogP contribution in [0.2, 0.25) is 0 Å². The lowest BCUT2D eigenvalue weighted by molar-refractivity contribution is -0.134. The van der Waals surface area contributed by atoms with E-state index in [0.29, 0.717) is 23.4 Å². The van der Waals surface area contributed by atoms with Crippen molar-refractivity contribution in [2.45, 2.75) is 69.7 Å². The van der Waals surface area contributed by atoms with Crippen molar-refractivity contribution in [3.63, 3.8) is 0 Å². The Kier molecular flexibility index (Phi) is 9.38. The van der Waals surface area contributed by atoms with E-state index in [2.05, 4.69) is 17.0 Å². The smallest absolute Gasteiger partial charge is 0.311 e. The minimum absolute atomic E-state index is 0.0660. The predicted molar refractivity (Wildman–Crippen MR) is 134 cm³/mol. The van der Waals surface area contributed by atoms with Gasteiger partial charge in [0.15, 0.2) is 0 Å². The summed E-state index contributed by atoms with van der Waals surface area (Å²) in [6.45, 7) is 5.41. The molecule has 1 heterocycles. The minimum atomic E-state index is -3.62. The number of sulfonamides is 1. The summed E-state index contributed by atoms with van der Waals surface area (Å²) in [5.74, 6) is 0.0393. The quantitative estimate of drug-likeness (QED) is 0.252. The van der Waals surface area contributed by atoms with Crippen LogP contribution in [0.3, 0.4) is 0 Å². The monoisotopic (exact) mass is 485 g/mol. The number of hydrogen-bond donors (Lipinski definition) is 3. The van der Waals surface area contributed by atoms with E-state index in [0.717, 1.165) is 56.3 Å². The lowest BCUT2D eigenvalue weighted by Crippen LogP contribution is -2.42. The van der Waals surface area contributed by atoms with E-state index >= 15 is 0 Å². The van der Waals surface area contributed by atoms with Gasteiger partial charge >= 0.3 is 5.97 Å². The molecule has 0 bridgehead atoms. The molecule has 0 saturated carbocycles. The molecule has 1 saturated heterocycles. The van der Waals surface area contributed by atoms with Crippen molar-refractivity contribution < 1.29 is 17.9 Å². The van der Waals surface area contributed by atoms with Crippen molar-refractivity contribution in [1.29, 1.82) is 5.41 Å². The molecular weight excluding hydrogens is 450 g/mol. The van der Waals surface area contributed by atoms with Crippen LogP contribution in [0.1, 0.15) is 62.1 Å². The third-order valence-electron chi connectivity index (χ3n) is 5.99. The number of carbonyl (C=O) groups is 1. The van der Waals surface area contributed by atoms with E-state index in [1.165, 1.54) is 6.07 Å². The highest BCUT2D eigenvalue weighted by Crippen LogP contribution is 2.23. The van der Waals surface area contributed by atoms with Gasteiger partial charge in [-0.05, 0) is 87.0 Å². The zero-order valence-corrected chi connectivity index (χ0v) is 20.8. The number of aryl methyl sites for hydroxylation is 2. The molecule has 0 atom stereocenters. The van der Waals surface area contributed by atoms with Crippen LogP contribution in [-0.4, -0.2) is 39.2 Å². The average molecular weight is 486 g/mol. The maximum atomic E-state index is 12.7. The fourth-order valence-electron chi connectivity index (χ4n) is 4.01. The van der Waals surface area contributed by atoms with Crippen LogP contribution in [0.25, 0.3) is 0 Å². The van der Waals surface area contributed by atoms with E-state index in [9.17, 15) is 13.2 Å². The lowest BCUT2D eigenvalue weighted by atomic mass is 10.0. The van der Waals surface area contributed by atoms with Gasteiger partial charge in [0.05, 0.1) is 4.90 Å². The average Bonchev–Trinajstić information content (AvgIpc) is 2.81. The summed E-state index contributed by atoms with van der Waals surface area (Å²) in [6.07, 6.45) is 4.92. The van der Waals surface area contributed by atoms with Gasteiger partial charge in [0, 0.05) is 18.2 Å². The first kappa shape index (κ1) is 26.1. The summed E-state index contributed by atoms with van der Waals surface area (Å²) in [6, 6.07) is 12.4. The molecule has 0 spiro atoms. The van der Waals surface area contributed by atoms with E-state index in [4.69, 9.17) is 10.1 Å². The molecule has 0 aliphatic carbocycles. The van der Waals surface area contributed by atoms with Crippen LogP contribution in [0.4, 0.5) is 0 Å². The fraction of sp³-hybridized carbons (Fsp3) is 0.462. The van der Waals surface area contributed by atoms with Crippen LogP contribution >= 0.6 is 0 Å². The summed E-state index contributed by atoms with van der Waals surface area (Å²) < 4.78 is 33.7. The highest BCUT2D eigenvalue weighted by molar-refractivity contribution is 7.89. The maximum absolute atomic E-state index is 12.7. The molecule has 0 amide bonds. The van der Waals surface area contributed by atoms with Gasteiger partial charge in [-0.1, -0.05) is 37.6 Å². The van der Waals surface area contributed by atoms with E-state index in [1.807, 2.05) is 24.3 Å². The number of carbonyl (C=O) groups excluding carboxylic acids is 1. The Balaban J connectivity index is 1.49. The van der Waals surface area contributed by atoms with Crippen molar-refractivity contribution in [1.82, 2.24) is 10.0 Å². The van der Waals surface area contributed by atoms with Crippen LogP contribution < -0.4 is 14.8 Å². The molecule has 0 aromatic heterocycles. The number of rotatable bonds is 11. The Bertz CT molecular complexity index is 1090. The zero-order chi connectivity index (χ0) is 24.6. The zero-order valence-electron chi connectivity index (χ0n) is 20.0. The van der Waals surface area contributed by atoms with Crippen molar-refractivity contribution in [2.75, 3.05) is 13.1 Å². The summed E-state index contributed by atoms with van der Waals surface area (Å²) in [7, 11) is -3.62. The van der Waals surface area contributed by atoms with E-state index in [1.54, 1.807) is 19.1 Å². The van der Waals surface area contributed by atoms with Gasteiger partial charge in [-0.3, -0.25) is 4.79 Å². The van der Waals surface area contributed by atoms with Gasteiger partial charge in [-0.15, -0.1) is 0 Å². The normalized spacial score (nSPS) is 14.6. The van der Waals surface area contributed by atoms with E-state index in [-0.39, 0.29) is 23.3 Å². The molecule has 2 aromatic rings. The number of hydrogen-bond acceptors (Lipinski definition) is 6. The molecule has 184 valence electrons. The SMILES string of the molecule is CCCC(=N)c1ccc(CCCC(=O)Oc2ccc(S(=O)(=O)NC3CCNCC3)cc2C)cc1. The summed E-state index contributed by atoms with van der Waals surface area (Å²) in [5.41, 5.74) is 3.31. The Labute approximate surface area is 202 Å².